The first-order valence-electron chi connectivity index (χ1n) is 9.86. The van der Waals surface area contributed by atoms with Gasteiger partial charge >= 0.3 is 0 Å². The first kappa shape index (κ1) is 18.2. The zero-order valence-corrected chi connectivity index (χ0v) is 16.2. The van der Waals surface area contributed by atoms with Gasteiger partial charge in [-0.2, -0.15) is 5.10 Å². The van der Waals surface area contributed by atoms with Crippen LogP contribution in [0.15, 0.2) is 65.9 Å². The van der Waals surface area contributed by atoms with E-state index in [0.717, 1.165) is 49.0 Å². The highest BCUT2D eigenvalue weighted by Gasteiger charge is 2.25. The fraction of sp³-hybridized carbons (Fsp3) is 0.318. The van der Waals surface area contributed by atoms with Gasteiger partial charge in [0.2, 0.25) is 0 Å². The van der Waals surface area contributed by atoms with Crippen molar-refractivity contribution in [3.8, 4) is 11.4 Å². The van der Waals surface area contributed by atoms with Crippen molar-refractivity contribution in [3.05, 3.63) is 72.1 Å². The van der Waals surface area contributed by atoms with Gasteiger partial charge < -0.3 is 10.2 Å². The van der Waals surface area contributed by atoms with Gasteiger partial charge in [-0.25, -0.2) is 9.98 Å². The Morgan fingerprint density at radius 3 is 2.89 bits per heavy atom. The number of aromatic nitrogens is 3. The molecule has 2 N–H and O–H groups in total. The molecule has 1 fully saturated rings. The monoisotopic (exact) mass is 374 g/mol. The molecule has 6 heteroatoms. The molecule has 28 heavy (non-hydrogen) atoms. The Morgan fingerprint density at radius 2 is 2.11 bits per heavy atom. The lowest BCUT2D eigenvalue weighted by Gasteiger charge is -2.22. The van der Waals surface area contributed by atoms with Crippen molar-refractivity contribution >= 4 is 5.96 Å². The molecule has 4 rings (SSSR count). The third-order valence-electron chi connectivity index (χ3n) is 5.12. The molecule has 0 bridgehead atoms. The predicted octanol–water partition coefficient (Wildman–Crippen LogP) is 3.43. The highest BCUT2D eigenvalue weighted by molar-refractivity contribution is 5.80. The molecule has 144 valence electrons. The van der Waals surface area contributed by atoms with Crippen LogP contribution >= 0.6 is 0 Å². The summed E-state index contributed by atoms with van der Waals surface area (Å²) in [5, 5.41) is 10.3. The smallest absolute Gasteiger partial charge is 0.194 e. The van der Waals surface area contributed by atoms with Gasteiger partial charge in [-0.15, -0.1) is 0 Å². The summed E-state index contributed by atoms with van der Waals surface area (Å²) in [4.78, 5) is 11.5. The molecule has 0 radical (unpaired) electrons. The van der Waals surface area contributed by atoms with Crippen LogP contribution < -0.4 is 5.32 Å². The number of hydrogen-bond donors (Lipinski definition) is 2. The van der Waals surface area contributed by atoms with Crippen LogP contribution in [0.25, 0.3) is 11.4 Å². The number of rotatable bonds is 5. The maximum atomic E-state index is 4.90. The van der Waals surface area contributed by atoms with E-state index < -0.39 is 0 Å². The van der Waals surface area contributed by atoms with E-state index in [9.17, 15) is 0 Å². The SMILES string of the molecule is CCNC(=NCc1cccc(-c2ncn[nH]2)c1)N1CCC(c2ccccc2)C1. The van der Waals surface area contributed by atoms with E-state index in [1.165, 1.54) is 11.9 Å². The van der Waals surface area contributed by atoms with Gasteiger partial charge in [-0.05, 0) is 30.5 Å². The van der Waals surface area contributed by atoms with Crippen molar-refractivity contribution in [3.63, 3.8) is 0 Å². The quantitative estimate of drug-likeness (QED) is 0.530. The van der Waals surface area contributed by atoms with Crippen molar-refractivity contribution in [1.82, 2.24) is 25.4 Å². The summed E-state index contributed by atoms with van der Waals surface area (Å²) >= 11 is 0. The number of guanidine groups is 1. The first-order valence-corrected chi connectivity index (χ1v) is 9.86. The summed E-state index contributed by atoms with van der Waals surface area (Å²) in [5.41, 5.74) is 3.60. The van der Waals surface area contributed by atoms with E-state index >= 15 is 0 Å². The number of nitrogens with one attached hydrogen (secondary N) is 2. The minimum absolute atomic E-state index is 0.569. The van der Waals surface area contributed by atoms with Crippen molar-refractivity contribution in [2.75, 3.05) is 19.6 Å². The molecular formula is C22H26N6. The van der Waals surface area contributed by atoms with Crippen LogP contribution in [-0.2, 0) is 6.54 Å². The van der Waals surface area contributed by atoms with Crippen LogP contribution in [0.1, 0.15) is 30.4 Å². The van der Waals surface area contributed by atoms with E-state index in [4.69, 9.17) is 4.99 Å². The maximum Gasteiger partial charge on any atom is 0.194 e. The fourth-order valence-corrected chi connectivity index (χ4v) is 3.70. The lowest BCUT2D eigenvalue weighted by Crippen LogP contribution is -2.40. The summed E-state index contributed by atoms with van der Waals surface area (Å²) in [6.07, 6.45) is 2.69. The van der Waals surface area contributed by atoms with Crippen molar-refractivity contribution < 1.29 is 0 Å². The molecule has 1 atom stereocenters. The van der Waals surface area contributed by atoms with Gasteiger partial charge in [0.05, 0.1) is 6.54 Å². The summed E-state index contributed by atoms with van der Waals surface area (Å²) in [5.74, 6) is 2.34. The zero-order chi connectivity index (χ0) is 19.2. The number of aliphatic imine (C=N–C) groups is 1. The van der Waals surface area contributed by atoms with E-state index in [1.54, 1.807) is 0 Å². The van der Waals surface area contributed by atoms with E-state index in [0.29, 0.717) is 12.5 Å². The van der Waals surface area contributed by atoms with Crippen LogP contribution in [0.3, 0.4) is 0 Å². The Balaban J connectivity index is 1.46. The van der Waals surface area contributed by atoms with Gasteiger partial charge in [-0.1, -0.05) is 48.5 Å². The fourth-order valence-electron chi connectivity index (χ4n) is 3.70. The number of benzene rings is 2. The zero-order valence-electron chi connectivity index (χ0n) is 16.2. The molecule has 2 heterocycles. The average molecular weight is 374 g/mol. The maximum absolute atomic E-state index is 4.90. The lowest BCUT2D eigenvalue weighted by molar-refractivity contribution is 0.486. The number of H-pyrrole nitrogens is 1. The Morgan fingerprint density at radius 1 is 1.21 bits per heavy atom. The Kier molecular flexibility index (Phi) is 5.66. The van der Waals surface area contributed by atoms with Crippen molar-refractivity contribution in [1.29, 1.82) is 0 Å². The second kappa shape index (κ2) is 8.69. The molecule has 0 spiro atoms. The van der Waals surface area contributed by atoms with Crippen LogP contribution in [0.2, 0.25) is 0 Å². The van der Waals surface area contributed by atoms with Crippen LogP contribution in [0.5, 0.6) is 0 Å². The average Bonchev–Trinajstić information content (AvgIpc) is 3.44. The molecule has 0 saturated carbocycles. The van der Waals surface area contributed by atoms with Gasteiger partial charge in [0, 0.05) is 31.1 Å². The Labute approximate surface area is 165 Å². The highest BCUT2D eigenvalue weighted by Crippen LogP contribution is 2.27. The molecule has 3 aromatic rings. The van der Waals surface area contributed by atoms with Crippen LogP contribution in [-0.4, -0.2) is 45.7 Å². The van der Waals surface area contributed by atoms with E-state index in [2.05, 4.69) is 74.8 Å². The molecule has 1 aliphatic heterocycles. The third kappa shape index (κ3) is 4.22. The standard InChI is InChI=1S/C22H26N6/c1-2-23-22(28-12-11-20(15-28)18-8-4-3-5-9-18)24-14-17-7-6-10-19(13-17)21-25-16-26-27-21/h3-10,13,16,20H,2,11-12,14-15H2,1H3,(H,23,24)(H,25,26,27). The lowest BCUT2D eigenvalue weighted by atomic mass is 9.99. The van der Waals surface area contributed by atoms with Gasteiger partial charge in [0.1, 0.15) is 6.33 Å². The van der Waals surface area contributed by atoms with Gasteiger partial charge in [0.15, 0.2) is 11.8 Å². The minimum atomic E-state index is 0.569. The highest BCUT2D eigenvalue weighted by atomic mass is 15.3. The van der Waals surface area contributed by atoms with E-state index in [-0.39, 0.29) is 0 Å². The number of hydrogen-bond acceptors (Lipinski definition) is 3. The first-order chi connectivity index (χ1) is 13.8. The Hall–Kier alpha value is -3.15. The normalized spacial score (nSPS) is 17.1. The molecule has 0 amide bonds. The minimum Gasteiger partial charge on any atom is -0.357 e. The predicted molar refractivity (Wildman–Crippen MR) is 112 cm³/mol. The molecule has 0 aliphatic carbocycles. The molecule has 1 saturated heterocycles. The number of nitrogens with zero attached hydrogens (tertiary/aromatic N) is 4. The summed E-state index contributed by atoms with van der Waals surface area (Å²) in [6.45, 7) is 5.66. The van der Waals surface area contributed by atoms with Crippen LogP contribution in [0.4, 0.5) is 0 Å². The largest absolute Gasteiger partial charge is 0.357 e. The molecule has 1 aromatic heterocycles. The topological polar surface area (TPSA) is 69.2 Å². The summed E-state index contributed by atoms with van der Waals surface area (Å²) < 4.78 is 0. The molecule has 1 unspecified atom stereocenters. The molecular weight excluding hydrogens is 348 g/mol. The van der Waals surface area contributed by atoms with Gasteiger partial charge in [0.25, 0.3) is 0 Å². The molecule has 6 nitrogen and oxygen atoms in total. The number of aromatic amines is 1. The summed E-state index contributed by atoms with van der Waals surface area (Å²) in [6, 6.07) is 19.1. The summed E-state index contributed by atoms with van der Waals surface area (Å²) in [7, 11) is 0. The Bertz CT molecular complexity index is 904. The number of likely N-dealkylation sites (tertiary alicyclic amines) is 1. The second-order valence-electron chi connectivity index (χ2n) is 7.05. The molecule has 1 aliphatic rings. The molecule has 2 aromatic carbocycles. The second-order valence-corrected chi connectivity index (χ2v) is 7.05. The van der Waals surface area contributed by atoms with Crippen LogP contribution in [0, 0.1) is 0 Å². The van der Waals surface area contributed by atoms with E-state index in [1.807, 2.05) is 12.1 Å². The van der Waals surface area contributed by atoms with Crippen molar-refractivity contribution in [2.24, 2.45) is 4.99 Å². The van der Waals surface area contributed by atoms with Crippen molar-refractivity contribution in [2.45, 2.75) is 25.8 Å². The third-order valence-corrected chi connectivity index (χ3v) is 5.12. The van der Waals surface area contributed by atoms with Gasteiger partial charge in [-0.3, -0.25) is 5.10 Å².